The molecule has 0 aliphatic rings. The van der Waals surface area contributed by atoms with Crippen LogP contribution < -0.4 is 5.73 Å². The lowest BCUT2D eigenvalue weighted by Gasteiger charge is -2.17. The summed E-state index contributed by atoms with van der Waals surface area (Å²) in [5.41, 5.74) is 4.28. The molecule has 2 N–H and O–H groups in total. The highest BCUT2D eigenvalue weighted by molar-refractivity contribution is 5.33. The summed E-state index contributed by atoms with van der Waals surface area (Å²) >= 11 is 0. The van der Waals surface area contributed by atoms with Gasteiger partial charge in [0.15, 0.2) is 0 Å². The van der Waals surface area contributed by atoms with Gasteiger partial charge in [-0.15, -0.1) is 0 Å². The van der Waals surface area contributed by atoms with E-state index in [4.69, 9.17) is 5.73 Å². The highest BCUT2D eigenvalue weighted by Crippen LogP contribution is 2.34. The van der Waals surface area contributed by atoms with Crippen molar-refractivity contribution in [3.05, 3.63) is 35.1 Å². The molecule has 1 aromatic rings. The third-order valence-electron chi connectivity index (χ3n) is 2.07. The van der Waals surface area contributed by atoms with Crippen LogP contribution in [0.5, 0.6) is 0 Å². The van der Waals surface area contributed by atoms with Crippen LogP contribution >= 0.6 is 0 Å². The van der Waals surface area contributed by atoms with Gasteiger partial charge in [-0.2, -0.15) is 13.2 Å². The predicted octanol–water partition coefficient (Wildman–Crippen LogP) is 2.49. The molecule has 2 nitrogen and oxygen atoms in total. The van der Waals surface area contributed by atoms with Gasteiger partial charge in [-0.3, -0.25) is 0 Å². The number of nitrogens with two attached hydrogens (primary N) is 1. The first-order valence-corrected chi connectivity index (χ1v) is 4.47. The van der Waals surface area contributed by atoms with Crippen LogP contribution in [0.3, 0.4) is 0 Å². The number of methoxy groups -OCH3 is 1. The molecule has 0 aromatic heterocycles. The minimum Gasteiger partial charge on any atom is -0.383 e. The van der Waals surface area contributed by atoms with Crippen molar-refractivity contribution in [3.63, 3.8) is 0 Å². The second kappa shape index (κ2) is 4.80. The average molecular weight is 237 g/mol. The van der Waals surface area contributed by atoms with Crippen LogP contribution in [0.1, 0.15) is 17.2 Å². The van der Waals surface area contributed by atoms with Gasteiger partial charge in [0.05, 0.1) is 18.2 Å². The standard InChI is InChI=1S/C10H11F4NO/c1-16-5-9(15)7-3-2-6(11)4-8(7)10(12,13)14/h2-4,9H,5,15H2,1H3/t9-/m1/s1. The fraction of sp³-hybridized carbons (Fsp3) is 0.400. The molecule has 0 aliphatic carbocycles. The first-order valence-electron chi connectivity index (χ1n) is 4.47. The Labute approximate surface area is 90.0 Å². The Morgan fingerprint density at radius 3 is 2.50 bits per heavy atom. The van der Waals surface area contributed by atoms with Crippen LogP contribution in [-0.4, -0.2) is 13.7 Å². The first kappa shape index (κ1) is 12.9. The maximum Gasteiger partial charge on any atom is 0.416 e. The minimum absolute atomic E-state index is 0.0608. The van der Waals surface area contributed by atoms with Gasteiger partial charge in [0.25, 0.3) is 0 Å². The Kier molecular flexibility index (Phi) is 3.88. The van der Waals surface area contributed by atoms with Gasteiger partial charge in [0.1, 0.15) is 5.82 Å². The zero-order valence-electron chi connectivity index (χ0n) is 8.51. The Hall–Kier alpha value is -1.14. The van der Waals surface area contributed by atoms with E-state index in [1.54, 1.807) is 0 Å². The van der Waals surface area contributed by atoms with E-state index in [-0.39, 0.29) is 12.2 Å². The van der Waals surface area contributed by atoms with Crippen LogP contribution in [0.2, 0.25) is 0 Å². The van der Waals surface area contributed by atoms with Gasteiger partial charge < -0.3 is 10.5 Å². The molecule has 6 heteroatoms. The molecule has 0 amide bonds. The molecule has 0 saturated carbocycles. The summed E-state index contributed by atoms with van der Waals surface area (Å²) in [6.45, 7) is -0.0608. The highest BCUT2D eigenvalue weighted by atomic mass is 19.4. The van der Waals surface area contributed by atoms with E-state index in [9.17, 15) is 17.6 Å². The van der Waals surface area contributed by atoms with Gasteiger partial charge in [0, 0.05) is 7.11 Å². The number of alkyl halides is 3. The van der Waals surface area contributed by atoms with Crippen molar-refractivity contribution in [2.75, 3.05) is 13.7 Å². The first-order chi connectivity index (χ1) is 7.36. The summed E-state index contributed by atoms with van der Waals surface area (Å²) in [6, 6.07) is 1.48. The third-order valence-corrected chi connectivity index (χ3v) is 2.07. The van der Waals surface area contributed by atoms with Gasteiger partial charge >= 0.3 is 6.18 Å². The van der Waals surface area contributed by atoms with Crippen LogP contribution in [0.25, 0.3) is 0 Å². The van der Waals surface area contributed by atoms with E-state index in [0.29, 0.717) is 6.07 Å². The summed E-state index contributed by atoms with van der Waals surface area (Å²) in [5.74, 6) is -0.944. The molecule has 1 rings (SSSR count). The molecule has 0 fully saturated rings. The summed E-state index contributed by atoms with van der Waals surface area (Å²) < 4.78 is 55.1. The molecular weight excluding hydrogens is 226 g/mol. The average Bonchev–Trinajstić information content (AvgIpc) is 2.16. The SMILES string of the molecule is COC[C@@H](N)c1ccc(F)cc1C(F)(F)F. The summed E-state index contributed by atoms with van der Waals surface area (Å²) in [6.07, 6.45) is -4.62. The van der Waals surface area contributed by atoms with E-state index in [1.807, 2.05) is 0 Å². The van der Waals surface area contributed by atoms with Crippen molar-refractivity contribution in [2.45, 2.75) is 12.2 Å². The van der Waals surface area contributed by atoms with Crippen LogP contribution in [0.15, 0.2) is 18.2 Å². The topological polar surface area (TPSA) is 35.2 Å². The lowest BCUT2D eigenvalue weighted by molar-refractivity contribution is -0.138. The molecule has 0 saturated heterocycles. The van der Waals surface area contributed by atoms with Crippen molar-refractivity contribution in [1.82, 2.24) is 0 Å². The second-order valence-electron chi connectivity index (χ2n) is 3.29. The van der Waals surface area contributed by atoms with E-state index < -0.39 is 23.6 Å². The third kappa shape index (κ3) is 2.93. The number of rotatable bonds is 3. The van der Waals surface area contributed by atoms with Gasteiger partial charge in [0.2, 0.25) is 0 Å². The van der Waals surface area contributed by atoms with E-state index in [0.717, 1.165) is 12.1 Å². The van der Waals surface area contributed by atoms with Crippen LogP contribution in [-0.2, 0) is 10.9 Å². The Morgan fingerprint density at radius 1 is 1.38 bits per heavy atom. The molecular formula is C10H11F4NO. The van der Waals surface area contributed by atoms with Crippen molar-refractivity contribution in [1.29, 1.82) is 0 Å². The van der Waals surface area contributed by atoms with Gasteiger partial charge in [-0.25, -0.2) is 4.39 Å². The molecule has 1 atom stereocenters. The van der Waals surface area contributed by atoms with Crippen LogP contribution in [0.4, 0.5) is 17.6 Å². The maximum absolute atomic E-state index is 12.8. The molecule has 0 heterocycles. The molecule has 0 spiro atoms. The van der Waals surface area contributed by atoms with E-state index in [2.05, 4.69) is 4.74 Å². The molecule has 0 bridgehead atoms. The normalized spacial score (nSPS) is 13.9. The fourth-order valence-electron chi connectivity index (χ4n) is 1.37. The van der Waals surface area contributed by atoms with Crippen molar-refractivity contribution in [3.8, 4) is 0 Å². The Bertz CT molecular complexity index is 364. The minimum atomic E-state index is -4.62. The lowest BCUT2D eigenvalue weighted by atomic mass is 10.0. The monoisotopic (exact) mass is 237 g/mol. The van der Waals surface area contributed by atoms with Crippen molar-refractivity contribution in [2.24, 2.45) is 5.73 Å². The van der Waals surface area contributed by atoms with Gasteiger partial charge in [-0.05, 0) is 17.7 Å². The number of benzene rings is 1. The number of ether oxygens (including phenoxy) is 1. The predicted molar refractivity (Wildman–Crippen MR) is 50.2 cm³/mol. The molecule has 0 aliphatic heterocycles. The van der Waals surface area contributed by atoms with Crippen molar-refractivity contribution < 1.29 is 22.3 Å². The molecule has 1 aromatic carbocycles. The zero-order chi connectivity index (χ0) is 12.3. The summed E-state index contributed by atoms with van der Waals surface area (Å²) in [7, 11) is 1.33. The Morgan fingerprint density at radius 2 is 2.00 bits per heavy atom. The Balaban J connectivity index is 3.18. The smallest absolute Gasteiger partial charge is 0.383 e. The lowest BCUT2D eigenvalue weighted by Crippen LogP contribution is -2.21. The fourth-order valence-corrected chi connectivity index (χ4v) is 1.37. The van der Waals surface area contributed by atoms with E-state index in [1.165, 1.54) is 7.11 Å². The second-order valence-corrected chi connectivity index (χ2v) is 3.29. The quantitative estimate of drug-likeness (QED) is 0.820. The zero-order valence-corrected chi connectivity index (χ0v) is 8.51. The number of halogens is 4. The molecule has 16 heavy (non-hydrogen) atoms. The van der Waals surface area contributed by atoms with E-state index >= 15 is 0 Å². The maximum atomic E-state index is 12.8. The van der Waals surface area contributed by atoms with Crippen molar-refractivity contribution >= 4 is 0 Å². The number of hydrogen-bond acceptors (Lipinski definition) is 2. The molecule has 0 unspecified atom stereocenters. The number of hydrogen-bond donors (Lipinski definition) is 1. The summed E-state index contributed by atoms with van der Waals surface area (Å²) in [4.78, 5) is 0. The van der Waals surface area contributed by atoms with Gasteiger partial charge in [-0.1, -0.05) is 6.07 Å². The molecule has 90 valence electrons. The summed E-state index contributed by atoms with van der Waals surface area (Å²) in [5, 5.41) is 0. The largest absolute Gasteiger partial charge is 0.416 e. The molecule has 0 radical (unpaired) electrons. The highest BCUT2D eigenvalue weighted by Gasteiger charge is 2.35. The van der Waals surface area contributed by atoms with Crippen LogP contribution in [0, 0.1) is 5.82 Å².